The molecule has 1 saturated heterocycles. The van der Waals surface area contributed by atoms with Crippen LogP contribution in [0.25, 0.3) is 0 Å². The molecule has 2 heteroatoms. The standard InChI is InChI=1S/C11H22N2/c1-6-13(9(2)3)10(4)11-7-12(5)8-11/h9,11H,4,6-8H2,1-3,5H3. The highest BCUT2D eigenvalue weighted by atomic mass is 15.2. The van der Waals surface area contributed by atoms with E-state index in [0.29, 0.717) is 12.0 Å². The summed E-state index contributed by atoms with van der Waals surface area (Å²) in [5.74, 6) is 0.701. The summed E-state index contributed by atoms with van der Waals surface area (Å²) in [5, 5.41) is 0. The van der Waals surface area contributed by atoms with Crippen molar-refractivity contribution < 1.29 is 0 Å². The molecule has 1 heterocycles. The van der Waals surface area contributed by atoms with Gasteiger partial charge in [0, 0.05) is 37.3 Å². The first kappa shape index (κ1) is 10.6. The second kappa shape index (κ2) is 4.14. The normalized spacial score (nSPS) is 18.8. The highest BCUT2D eigenvalue weighted by Crippen LogP contribution is 2.24. The van der Waals surface area contributed by atoms with Gasteiger partial charge in [0.05, 0.1) is 0 Å². The van der Waals surface area contributed by atoms with Gasteiger partial charge in [-0.25, -0.2) is 0 Å². The molecule has 1 aliphatic rings. The van der Waals surface area contributed by atoms with Crippen molar-refractivity contribution in [2.24, 2.45) is 5.92 Å². The molecule has 0 unspecified atom stereocenters. The first-order chi connectivity index (χ1) is 6.06. The molecule has 0 saturated carbocycles. The van der Waals surface area contributed by atoms with E-state index in [0.717, 1.165) is 6.54 Å². The van der Waals surface area contributed by atoms with Crippen LogP contribution in [0.3, 0.4) is 0 Å². The van der Waals surface area contributed by atoms with Gasteiger partial charge in [-0.1, -0.05) is 6.58 Å². The summed E-state index contributed by atoms with van der Waals surface area (Å²) in [6, 6.07) is 0.586. The van der Waals surface area contributed by atoms with E-state index in [-0.39, 0.29) is 0 Å². The predicted molar refractivity (Wildman–Crippen MR) is 57.6 cm³/mol. The van der Waals surface area contributed by atoms with Crippen LogP contribution in [-0.2, 0) is 0 Å². The van der Waals surface area contributed by atoms with Crippen LogP contribution in [0.2, 0.25) is 0 Å². The van der Waals surface area contributed by atoms with E-state index in [1.807, 2.05) is 0 Å². The quantitative estimate of drug-likeness (QED) is 0.654. The Balaban J connectivity index is 2.45. The monoisotopic (exact) mass is 182 g/mol. The molecule has 1 rings (SSSR count). The Hall–Kier alpha value is -0.500. The minimum atomic E-state index is 0.586. The molecule has 13 heavy (non-hydrogen) atoms. The summed E-state index contributed by atoms with van der Waals surface area (Å²) in [6.07, 6.45) is 0. The Kier molecular flexibility index (Phi) is 3.37. The molecular weight excluding hydrogens is 160 g/mol. The van der Waals surface area contributed by atoms with Crippen molar-refractivity contribution >= 4 is 0 Å². The fourth-order valence-electron chi connectivity index (χ4n) is 2.04. The average molecular weight is 182 g/mol. The van der Waals surface area contributed by atoms with Crippen LogP contribution in [0, 0.1) is 5.92 Å². The summed E-state index contributed by atoms with van der Waals surface area (Å²) >= 11 is 0. The van der Waals surface area contributed by atoms with Crippen LogP contribution in [0.1, 0.15) is 20.8 Å². The lowest BCUT2D eigenvalue weighted by atomic mass is 9.96. The Bertz CT molecular complexity index is 181. The molecule has 0 spiro atoms. The van der Waals surface area contributed by atoms with Crippen molar-refractivity contribution in [2.75, 3.05) is 26.7 Å². The lowest BCUT2D eigenvalue weighted by Crippen LogP contribution is -2.48. The van der Waals surface area contributed by atoms with Crippen molar-refractivity contribution in [3.8, 4) is 0 Å². The van der Waals surface area contributed by atoms with E-state index in [9.17, 15) is 0 Å². The molecule has 0 aliphatic carbocycles. The minimum Gasteiger partial charge on any atom is -0.373 e. The Morgan fingerprint density at radius 1 is 1.54 bits per heavy atom. The Morgan fingerprint density at radius 2 is 2.08 bits per heavy atom. The second-order valence-corrected chi connectivity index (χ2v) is 4.29. The maximum absolute atomic E-state index is 4.20. The second-order valence-electron chi connectivity index (χ2n) is 4.29. The molecule has 1 fully saturated rings. The van der Waals surface area contributed by atoms with E-state index in [2.05, 4.69) is 44.2 Å². The highest BCUT2D eigenvalue weighted by Gasteiger charge is 2.28. The summed E-state index contributed by atoms with van der Waals surface area (Å²) < 4.78 is 0. The molecule has 0 aromatic heterocycles. The van der Waals surface area contributed by atoms with Gasteiger partial charge in [0.2, 0.25) is 0 Å². The van der Waals surface area contributed by atoms with Crippen LogP contribution in [0.15, 0.2) is 12.3 Å². The molecule has 0 amide bonds. The van der Waals surface area contributed by atoms with E-state index in [1.54, 1.807) is 0 Å². The zero-order valence-electron chi connectivity index (χ0n) is 9.38. The van der Waals surface area contributed by atoms with Gasteiger partial charge in [0.15, 0.2) is 0 Å². The Morgan fingerprint density at radius 3 is 2.38 bits per heavy atom. The number of hydrogen-bond acceptors (Lipinski definition) is 2. The van der Waals surface area contributed by atoms with Gasteiger partial charge in [-0.2, -0.15) is 0 Å². The van der Waals surface area contributed by atoms with Gasteiger partial charge >= 0.3 is 0 Å². The zero-order chi connectivity index (χ0) is 10.0. The van der Waals surface area contributed by atoms with Crippen molar-refractivity contribution in [1.29, 1.82) is 0 Å². The number of likely N-dealkylation sites (tertiary alicyclic amines) is 1. The van der Waals surface area contributed by atoms with Crippen LogP contribution in [0.5, 0.6) is 0 Å². The van der Waals surface area contributed by atoms with Crippen LogP contribution >= 0.6 is 0 Å². The molecule has 1 aliphatic heterocycles. The summed E-state index contributed by atoms with van der Waals surface area (Å²) in [5.41, 5.74) is 1.33. The molecule has 0 aromatic carbocycles. The first-order valence-corrected chi connectivity index (χ1v) is 5.20. The maximum Gasteiger partial charge on any atom is 0.0237 e. The van der Waals surface area contributed by atoms with Crippen molar-refractivity contribution in [1.82, 2.24) is 9.80 Å². The van der Waals surface area contributed by atoms with E-state index in [1.165, 1.54) is 18.8 Å². The third-order valence-corrected chi connectivity index (χ3v) is 2.87. The van der Waals surface area contributed by atoms with Gasteiger partial charge in [-0.3, -0.25) is 0 Å². The smallest absolute Gasteiger partial charge is 0.0237 e. The SMILES string of the molecule is C=C(C1CN(C)C1)N(CC)C(C)C. The summed E-state index contributed by atoms with van der Waals surface area (Å²) in [7, 11) is 2.16. The third kappa shape index (κ3) is 2.25. The maximum atomic E-state index is 4.20. The fourth-order valence-corrected chi connectivity index (χ4v) is 2.04. The summed E-state index contributed by atoms with van der Waals surface area (Å²) in [4.78, 5) is 4.74. The molecule has 0 aromatic rings. The number of rotatable bonds is 4. The highest BCUT2D eigenvalue weighted by molar-refractivity contribution is 5.06. The van der Waals surface area contributed by atoms with Gasteiger partial charge in [-0.05, 0) is 27.8 Å². The molecule has 2 nitrogen and oxygen atoms in total. The van der Waals surface area contributed by atoms with E-state index < -0.39 is 0 Å². The van der Waals surface area contributed by atoms with E-state index >= 15 is 0 Å². The first-order valence-electron chi connectivity index (χ1n) is 5.20. The van der Waals surface area contributed by atoms with Gasteiger partial charge in [-0.15, -0.1) is 0 Å². The predicted octanol–water partition coefficient (Wildman–Crippen LogP) is 1.79. The lowest BCUT2D eigenvalue weighted by Gasteiger charge is -2.42. The molecule has 0 N–H and O–H groups in total. The van der Waals surface area contributed by atoms with Crippen molar-refractivity contribution in [3.05, 3.63) is 12.3 Å². The minimum absolute atomic E-state index is 0.586. The van der Waals surface area contributed by atoms with Gasteiger partial charge in [0.25, 0.3) is 0 Å². The number of hydrogen-bond donors (Lipinski definition) is 0. The van der Waals surface area contributed by atoms with Gasteiger partial charge < -0.3 is 9.80 Å². The van der Waals surface area contributed by atoms with E-state index in [4.69, 9.17) is 0 Å². The van der Waals surface area contributed by atoms with Crippen LogP contribution < -0.4 is 0 Å². The van der Waals surface area contributed by atoms with Gasteiger partial charge in [0.1, 0.15) is 0 Å². The van der Waals surface area contributed by atoms with Crippen molar-refractivity contribution in [2.45, 2.75) is 26.8 Å². The lowest BCUT2D eigenvalue weighted by molar-refractivity contribution is 0.123. The molecule has 0 atom stereocenters. The average Bonchev–Trinajstić information content (AvgIpc) is 1.99. The molecule has 76 valence electrons. The zero-order valence-corrected chi connectivity index (χ0v) is 9.38. The molecule has 0 radical (unpaired) electrons. The van der Waals surface area contributed by atoms with Crippen LogP contribution in [-0.4, -0.2) is 42.5 Å². The van der Waals surface area contributed by atoms with Crippen molar-refractivity contribution in [3.63, 3.8) is 0 Å². The molecule has 0 bridgehead atoms. The Labute approximate surface area is 82.2 Å². The fraction of sp³-hybridized carbons (Fsp3) is 0.818. The largest absolute Gasteiger partial charge is 0.373 e. The third-order valence-electron chi connectivity index (χ3n) is 2.87. The van der Waals surface area contributed by atoms with Crippen LogP contribution in [0.4, 0.5) is 0 Å². The summed E-state index contributed by atoms with van der Waals surface area (Å²) in [6.45, 7) is 14.3. The number of nitrogens with zero attached hydrogens (tertiary/aromatic N) is 2. The topological polar surface area (TPSA) is 6.48 Å². The molecular formula is C11H22N2.